The molecule has 1 saturated heterocycles. The predicted molar refractivity (Wildman–Crippen MR) is 151 cm³/mol. The number of aromatic amines is 1. The molecule has 0 unspecified atom stereocenters. The van der Waals surface area contributed by atoms with Crippen LogP contribution in [0.15, 0.2) is 65.7 Å². The molecular formula is C29H25F4N3O3S2. The number of nitrogens with zero attached hydrogens (tertiary/aromatic N) is 2. The summed E-state index contributed by atoms with van der Waals surface area (Å²) in [5.74, 6) is -3.62. The molecule has 0 bridgehead atoms. The van der Waals surface area contributed by atoms with Crippen LogP contribution in [0, 0.1) is 11.7 Å². The van der Waals surface area contributed by atoms with Gasteiger partial charge in [0.2, 0.25) is 0 Å². The topological polar surface area (TPSA) is 75.3 Å². The van der Waals surface area contributed by atoms with Crippen molar-refractivity contribution in [3.05, 3.63) is 72.2 Å². The summed E-state index contributed by atoms with van der Waals surface area (Å²) in [6.45, 7) is 1.75. The third-order valence-corrected chi connectivity index (χ3v) is 10.2. The number of aromatic nitrogens is 2. The molecule has 12 heteroatoms. The Morgan fingerprint density at radius 2 is 1.85 bits per heavy atom. The molecule has 0 saturated carbocycles. The van der Waals surface area contributed by atoms with Gasteiger partial charge in [-0.15, -0.1) is 11.3 Å². The average molecular weight is 604 g/mol. The molecule has 2 aromatic heterocycles. The van der Waals surface area contributed by atoms with Crippen LogP contribution in [0.1, 0.15) is 12.5 Å². The number of rotatable bonds is 9. The van der Waals surface area contributed by atoms with E-state index >= 15 is 0 Å². The fourth-order valence-corrected chi connectivity index (χ4v) is 7.63. The maximum atomic E-state index is 14.6. The van der Waals surface area contributed by atoms with E-state index in [4.69, 9.17) is 4.74 Å². The number of nitrogens with one attached hydrogen (secondary N) is 1. The molecule has 0 spiro atoms. The molecule has 0 radical (unpaired) electrons. The van der Waals surface area contributed by atoms with E-state index in [1.54, 1.807) is 18.3 Å². The monoisotopic (exact) mass is 603 g/mol. The Bertz CT molecular complexity index is 1840. The van der Waals surface area contributed by atoms with Gasteiger partial charge in [-0.1, -0.05) is 6.07 Å². The molecule has 0 amide bonds. The number of sulfone groups is 1. The van der Waals surface area contributed by atoms with E-state index in [1.807, 2.05) is 4.90 Å². The molecule has 1 aliphatic rings. The van der Waals surface area contributed by atoms with E-state index in [0.717, 1.165) is 27.7 Å². The SMILES string of the molecule is CC(F)(F)c1cc(F)ccc1-c1sc2c(ccc3[nH]ncc32)c1Oc1ccc(S(=O)(=O)CCN2CC(CF)C2)cc1. The maximum Gasteiger partial charge on any atom is 0.271 e. The highest BCUT2D eigenvalue weighted by molar-refractivity contribution is 7.91. The third-order valence-electron chi connectivity index (χ3n) is 7.26. The summed E-state index contributed by atoms with van der Waals surface area (Å²) in [5.41, 5.74) is 0.413. The highest BCUT2D eigenvalue weighted by Gasteiger charge is 2.32. The molecule has 5 aromatic rings. The number of thiophene rings is 1. The Morgan fingerprint density at radius 1 is 1.10 bits per heavy atom. The molecule has 0 aliphatic carbocycles. The Kier molecular flexibility index (Phi) is 7.03. The van der Waals surface area contributed by atoms with Crippen LogP contribution in [0.3, 0.4) is 0 Å². The number of benzene rings is 3. The van der Waals surface area contributed by atoms with Gasteiger partial charge in [-0.2, -0.15) is 5.10 Å². The van der Waals surface area contributed by atoms with Crippen molar-refractivity contribution in [1.29, 1.82) is 0 Å². The number of likely N-dealkylation sites (tertiary alicyclic amines) is 1. The molecule has 0 atom stereocenters. The van der Waals surface area contributed by atoms with Crippen LogP contribution in [-0.2, 0) is 15.8 Å². The number of halogens is 4. The average Bonchev–Trinajstić information content (AvgIpc) is 3.53. The second kappa shape index (κ2) is 10.4. The minimum atomic E-state index is -3.58. The Balaban J connectivity index is 1.36. The standard InChI is InChI=1S/C29H25F4N3O3S2/c1-29(32,33)24-12-18(31)2-7-21(24)28-26(22-8-9-25-23(14-34-35-25)27(22)40-28)39-19-3-5-20(6-4-19)41(37,38)11-10-36-15-17(13-30)16-36/h2-9,12,14,17H,10-11,13,15-16H2,1H3,(H,34,35). The van der Waals surface area contributed by atoms with E-state index in [-0.39, 0.29) is 22.1 Å². The number of fused-ring (bicyclic) bond motifs is 3. The second-order valence-corrected chi connectivity index (χ2v) is 13.4. The van der Waals surface area contributed by atoms with Gasteiger partial charge in [-0.05, 0) is 48.5 Å². The van der Waals surface area contributed by atoms with Gasteiger partial charge in [0.1, 0.15) is 11.6 Å². The lowest BCUT2D eigenvalue weighted by atomic mass is 10.00. The third kappa shape index (κ3) is 5.31. The molecule has 1 aliphatic heterocycles. The van der Waals surface area contributed by atoms with Crippen LogP contribution in [0.5, 0.6) is 11.5 Å². The lowest BCUT2D eigenvalue weighted by Crippen LogP contribution is -2.49. The number of ether oxygens (including phenoxy) is 1. The summed E-state index contributed by atoms with van der Waals surface area (Å²) in [5, 5.41) is 8.40. The first-order valence-electron chi connectivity index (χ1n) is 12.9. The van der Waals surface area contributed by atoms with Crippen LogP contribution in [0.2, 0.25) is 0 Å². The molecule has 6 nitrogen and oxygen atoms in total. The largest absolute Gasteiger partial charge is 0.455 e. The van der Waals surface area contributed by atoms with Gasteiger partial charge >= 0.3 is 0 Å². The smallest absolute Gasteiger partial charge is 0.271 e. The van der Waals surface area contributed by atoms with Crippen molar-refractivity contribution >= 4 is 42.2 Å². The molecule has 214 valence electrons. The van der Waals surface area contributed by atoms with Crippen molar-refractivity contribution in [1.82, 2.24) is 15.1 Å². The molecule has 1 fully saturated rings. The minimum absolute atomic E-state index is 0.0219. The van der Waals surface area contributed by atoms with Gasteiger partial charge in [-0.25, -0.2) is 21.6 Å². The van der Waals surface area contributed by atoms with Gasteiger partial charge in [-0.3, -0.25) is 9.49 Å². The van der Waals surface area contributed by atoms with Crippen LogP contribution in [0.25, 0.3) is 31.4 Å². The summed E-state index contributed by atoms with van der Waals surface area (Å²) in [6.07, 6.45) is 1.64. The number of hydrogen-bond donors (Lipinski definition) is 1. The fraction of sp³-hybridized carbons (Fsp3) is 0.276. The Labute approximate surface area is 237 Å². The van der Waals surface area contributed by atoms with Crippen molar-refractivity contribution in [2.75, 3.05) is 32.1 Å². The van der Waals surface area contributed by atoms with E-state index in [1.165, 1.54) is 41.7 Å². The highest BCUT2D eigenvalue weighted by atomic mass is 32.2. The first-order chi connectivity index (χ1) is 19.5. The van der Waals surface area contributed by atoms with E-state index < -0.39 is 33.8 Å². The lowest BCUT2D eigenvalue weighted by molar-refractivity contribution is 0.0178. The molecule has 3 aromatic carbocycles. The zero-order valence-corrected chi connectivity index (χ0v) is 23.5. The van der Waals surface area contributed by atoms with Gasteiger partial charge in [0.05, 0.1) is 33.9 Å². The van der Waals surface area contributed by atoms with Gasteiger partial charge in [0.25, 0.3) is 5.92 Å². The van der Waals surface area contributed by atoms with Crippen molar-refractivity contribution < 1.29 is 30.7 Å². The Hall–Kier alpha value is -3.48. The molecule has 41 heavy (non-hydrogen) atoms. The van der Waals surface area contributed by atoms with Gasteiger partial charge in [0, 0.05) is 59.1 Å². The summed E-state index contributed by atoms with van der Waals surface area (Å²) in [6, 6.07) is 12.8. The highest BCUT2D eigenvalue weighted by Crippen LogP contribution is 2.50. The van der Waals surface area contributed by atoms with Gasteiger partial charge < -0.3 is 9.64 Å². The zero-order valence-electron chi connectivity index (χ0n) is 21.8. The number of alkyl halides is 3. The summed E-state index contributed by atoms with van der Waals surface area (Å²) in [7, 11) is -3.58. The Morgan fingerprint density at radius 3 is 2.56 bits per heavy atom. The summed E-state index contributed by atoms with van der Waals surface area (Å²) in [4.78, 5) is 2.40. The first-order valence-corrected chi connectivity index (χ1v) is 15.4. The molecule has 6 rings (SSSR count). The van der Waals surface area contributed by atoms with Crippen LogP contribution in [0.4, 0.5) is 17.6 Å². The quantitative estimate of drug-likeness (QED) is 0.181. The molecule has 1 N–H and O–H groups in total. The minimum Gasteiger partial charge on any atom is -0.455 e. The lowest BCUT2D eigenvalue weighted by Gasteiger charge is -2.37. The second-order valence-electron chi connectivity index (χ2n) is 10.3. The first kappa shape index (κ1) is 27.7. The van der Waals surface area contributed by atoms with Crippen LogP contribution in [-0.4, -0.2) is 55.6 Å². The molecule has 3 heterocycles. The van der Waals surface area contributed by atoms with Crippen LogP contribution >= 0.6 is 11.3 Å². The summed E-state index contributed by atoms with van der Waals surface area (Å²) >= 11 is 1.23. The van der Waals surface area contributed by atoms with E-state index in [9.17, 15) is 26.0 Å². The maximum absolute atomic E-state index is 14.6. The zero-order chi connectivity index (χ0) is 28.9. The van der Waals surface area contributed by atoms with Crippen molar-refractivity contribution in [2.45, 2.75) is 17.7 Å². The van der Waals surface area contributed by atoms with Gasteiger partial charge in [0.15, 0.2) is 15.6 Å². The van der Waals surface area contributed by atoms with Crippen molar-refractivity contribution in [2.24, 2.45) is 5.92 Å². The normalized spacial score (nSPS) is 15.0. The van der Waals surface area contributed by atoms with Crippen molar-refractivity contribution in [3.63, 3.8) is 0 Å². The van der Waals surface area contributed by atoms with E-state index in [2.05, 4.69) is 10.2 Å². The molecular weight excluding hydrogens is 578 g/mol. The number of H-pyrrole nitrogens is 1. The number of hydrogen-bond acceptors (Lipinski definition) is 6. The van der Waals surface area contributed by atoms with E-state index in [0.29, 0.717) is 48.3 Å². The predicted octanol–water partition coefficient (Wildman–Crippen LogP) is 7.16. The van der Waals surface area contributed by atoms with Crippen LogP contribution < -0.4 is 4.74 Å². The van der Waals surface area contributed by atoms with Crippen molar-refractivity contribution in [3.8, 4) is 21.9 Å². The fourth-order valence-electron chi connectivity index (χ4n) is 5.06. The summed E-state index contributed by atoms with van der Waals surface area (Å²) < 4.78 is 88.8.